The molecule has 0 amide bonds. The first-order valence-corrected chi connectivity index (χ1v) is 38.7. The molecule has 0 bridgehead atoms. The molecule has 444 valence electrons. The van der Waals surface area contributed by atoms with Crippen molar-refractivity contribution < 1.29 is 38.9 Å². The van der Waals surface area contributed by atoms with Gasteiger partial charge in [0.05, 0.1) is 26.1 Å². The number of carbonyl (C=O) groups is 4. The van der Waals surface area contributed by atoms with Crippen molar-refractivity contribution in [1.82, 2.24) is 0 Å². The van der Waals surface area contributed by atoms with Gasteiger partial charge in [-0.15, -0.1) is 0 Å². The third kappa shape index (κ3) is 82.3. The van der Waals surface area contributed by atoms with Crippen LogP contribution in [0.15, 0.2) is 0 Å². The van der Waals surface area contributed by atoms with Crippen LogP contribution in [-0.2, 0) is 28.7 Å². The minimum absolute atomic E-state index is 0.0300. The molecular weight excluding hydrogens is 1080 g/mol. The Labute approximate surface area is 485 Å². The minimum atomic E-state index is -1.11. The Bertz CT molecular complexity index is 1050. The van der Waals surface area contributed by atoms with Gasteiger partial charge in [-0.3, -0.25) is 9.59 Å². The topological polar surface area (TPSA) is 133 Å². The molecule has 0 aliphatic heterocycles. The van der Waals surface area contributed by atoms with Gasteiger partial charge in [0.25, 0.3) is 0 Å². The first kappa shape index (κ1) is 78.6. The monoisotopic (exact) mass is 1200 g/mol. The molecule has 0 saturated carbocycles. The second-order valence-electron chi connectivity index (χ2n) is 21.3. The summed E-state index contributed by atoms with van der Waals surface area (Å²) < 4.78 is 14.1. The summed E-state index contributed by atoms with van der Waals surface area (Å²) in [5.41, 5.74) is 0. The molecule has 0 spiro atoms. The van der Waals surface area contributed by atoms with Crippen molar-refractivity contribution in [3.63, 3.8) is 0 Å². The number of ether oxygens (including phenoxy) is 2. The van der Waals surface area contributed by atoms with Crippen LogP contribution in [0.25, 0.3) is 0 Å². The van der Waals surface area contributed by atoms with Crippen LogP contribution in [0.1, 0.15) is 336 Å². The maximum absolute atomic E-state index is 12.0. The summed E-state index contributed by atoms with van der Waals surface area (Å²) >= 11 is 2.98. The van der Waals surface area contributed by atoms with E-state index in [9.17, 15) is 29.4 Å². The molecule has 0 aromatic rings. The van der Waals surface area contributed by atoms with E-state index in [0.717, 1.165) is 25.7 Å². The van der Waals surface area contributed by atoms with E-state index >= 15 is 0 Å². The molecular formula is C64H124O8S2Sn. The number of hydrogen-bond acceptors (Lipinski definition) is 10. The summed E-state index contributed by atoms with van der Waals surface area (Å²) in [7, 11) is 0. The SMILES string of the molecule is CCCCCCCCCCCCCCCCCCOC(=O)CCSCCC(=O)OCCCCCCCCCCCCCCCCCC.CCCCCCC[CH2][Sn+2][CH2]CCCCCCC.O=C([O-])CCSCCC(=O)[O-]. The molecule has 0 N–H and O–H groups in total. The van der Waals surface area contributed by atoms with Gasteiger partial charge in [-0.1, -0.05) is 206 Å². The maximum Gasteiger partial charge on any atom is 0.0422 e. The van der Waals surface area contributed by atoms with E-state index in [1.165, 1.54) is 256 Å². The van der Waals surface area contributed by atoms with E-state index in [-0.39, 0.29) is 45.9 Å². The molecule has 0 unspecified atom stereocenters. The van der Waals surface area contributed by atoms with E-state index in [0.29, 0.717) is 49.1 Å². The van der Waals surface area contributed by atoms with E-state index < -0.39 is 11.9 Å². The molecule has 0 aliphatic rings. The van der Waals surface area contributed by atoms with Crippen LogP contribution >= 0.6 is 23.5 Å². The Hall–Kier alpha value is -0.621. The van der Waals surface area contributed by atoms with Crippen molar-refractivity contribution in [3.8, 4) is 0 Å². The van der Waals surface area contributed by atoms with E-state index in [1.54, 1.807) is 33.5 Å². The van der Waals surface area contributed by atoms with Gasteiger partial charge in [0, 0.05) is 23.4 Å². The van der Waals surface area contributed by atoms with Crippen molar-refractivity contribution in [3.05, 3.63) is 0 Å². The first-order valence-electron chi connectivity index (χ1n) is 32.3. The third-order valence-corrected chi connectivity index (χ3v) is 19.7. The minimum Gasteiger partial charge on any atom is -0.550 e. The van der Waals surface area contributed by atoms with Crippen LogP contribution in [-0.4, -0.2) is 81.2 Å². The quantitative estimate of drug-likeness (QED) is 0.0329. The largest absolute Gasteiger partial charge is 0.550 e. The van der Waals surface area contributed by atoms with Crippen molar-refractivity contribution in [2.75, 3.05) is 36.2 Å². The average molecular weight is 1200 g/mol. The summed E-state index contributed by atoms with van der Waals surface area (Å²) in [6.45, 7) is 10.3. The molecule has 11 heteroatoms. The number of carbonyl (C=O) groups excluding carboxylic acids is 4. The number of aliphatic carboxylic acids is 2. The molecule has 75 heavy (non-hydrogen) atoms. The molecule has 0 rings (SSSR count). The Kier molecular flexibility index (Phi) is 76.9. The third-order valence-electron chi connectivity index (χ3n) is 13.7. The zero-order valence-corrected chi connectivity index (χ0v) is 54.7. The molecule has 0 aliphatic carbocycles. The van der Waals surface area contributed by atoms with E-state index in [1.807, 2.05) is 0 Å². The number of carboxylic acids is 2. The Morgan fingerprint density at radius 3 is 0.720 bits per heavy atom. The van der Waals surface area contributed by atoms with Crippen LogP contribution < -0.4 is 10.2 Å². The number of thioether (sulfide) groups is 2. The fourth-order valence-electron chi connectivity index (χ4n) is 8.83. The van der Waals surface area contributed by atoms with Crippen LogP contribution in [0.5, 0.6) is 0 Å². The van der Waals surface area contributed by atoms with Crippen molar-refractivity contribution >= 4 is 68.5 Å². The number of carboxylic acid groups (broad SMARTS) is 2. The van der Waals surface area contributed by atoms with E-state index in [2.05, 4.69) is 27.7 Å². The standard InChI is InChI=1S/C42H82O4S.2C8H17.C6H10O4S.Sn/c1-3-5-7-9-11-13-15-17-19-21-23-25-27-29-31-33-37-45-41(43)35-39-47-40-36-42(44)46-38-34-32-30-28-26-24-22-20-18-16-14-12-10-8-6-4-2;2*1-3-5-7-8-6-4-2;7-5(8)1-3-11-4-2-6(9)10;/h3-40H2,1-2H3;2*1,3-8H2,2H3;1-4H2,(H,7,8)(H,9,10);/q;;;;+2/p-2. The van der Waals surface area contributed by atoms with Crippen LogP contribution in [0.4, 0.5) is 0 Å². The predicted molar refractivity (Wildman–Crippen MR) is 326 cm³/mol. The number of rotatable bonds is 60. The average Bonchev–Trinajstić information content (AvgIpc) is 3.39. The zero-order valence-electron chi connectivity index (χ0n) is 50.2. The number of hydrogen-bond donors (Lipinski definition) is 0. The smallest absolute Gasteiger partial charge is 0.0422 e. The van der Waals surface area contributed by atoms with Crippen LogP contribution in [0, 0.1) is 0 Å². The second-order valence-corrected chi connectivity index (χ2v) is 28.0. The Morgan fingerprint density at radius 2 is 0.493 bits per heavy atom. The van der Waals surface area contributed by atoms with Gasteiger partial charge in [0.1, 0.15) is 0 Å². The van der Waals surface area contributed by atoms with Gasteiger partial charge in [0.2, 0.25) is 0 Å². The van der Waals surface area contributed by atoms with Gasteiger partial charge in [-0.05, 0) is 37.2 Å². The summed E-state index contributed by atoms with van der Waals surface area (Å²) in [6.07, 6.45) is 61.7. The summed E-state index contributed by atoms with van der Waals surface area (Å²) in [4.78, 5) is 43.6. The van der Waals surface area contributed by atoms with Gasteiger partial charge in [0.15, 0.2) is 0 Å². The molecule has 0 radical (unpaired) electrons. The Balaban J connectivity index is -0.00000149. The summed E-state index contributed by atoms with van der Waals surface area (Å²) in [5.74, 6) is -0.203. The van der Waals surface area contributed by atoms with Gasteiger partial charge in [-0.25, -0.2) is 0 Å². The van der Waals surface area contributed by atoms with Gasteiger partial charge in [-0.2, -0.15) is 23.5 Å². The fraction of sp³-hybridized carbons (Fsp3) is 0.938. The van der Waals surface area contributed by atoms with E-state index in [4.69, 9.17) is 9.47 Å². The summed E-state index contributed by atoms with van der Waals surface area (Å²) in [6, 6.07) is 0. The molecule has 0 aromatic heterocycles. The fourth-order valence-corrected chi connectivity index (χ4v) is 14.0. The number of unbranched alkanes of at least 4 members (excludes halogenated alkanes) is 40. The molecule has 8 nitrogen and oxygen atoms in total. The van der Waals surface area contributed by atoms with Crippen molar-refractivity contribution in [2.45, 2.75) is 345 Å². The molecule has 0 atom stereocenters. The second kappa shape index (κ2) is 73.4. The normalized spacial score (nSPS) is 10.8. The Morgan fingerprint density at radius 1 is 0.293 bits per heavy atom. The predicted octanol–water partition coefficient (Wildman–Crippen LogP) is 18.4. The summed E-state index contributed by atoms with van der Waals surface area (Å²) in [5, 5.41) is 19.7. The number of esters is 2. The molecule has 0 heterocycles. The van der Waals surface area contributed by atoms with Gasteiger partial charge < -0.3 is 29.3 Å². The molecule has 0 saturated heterocycles. The van der Waals surface area contributed by atoms with Crippen LogP contribution in [0.2, 0.25) is 8.87 Å². The zero-order chi connectivity index (χ0) is 55.4. The maximum atomic E-state index is 12.0. The van der Waals surface area contributed by atoms with Crippen LogP contribution in [0.3, 0.4) is 0 Å². The molecule has 0 aromatic carbocycles. The van der Waals surface area contributed by atoms with Crippen molar-refractivity contribution in [1.29, 1.82) is 0 Å². The first-order chi connectivity index (χ1) is 36.7. The molecule has 0 fully saturated rings. The van der Waals surface area contributed by atoms with Gasteiger partial charge >= 0.3 is 133 Å². The van der Waals surface area contributed by atoms with Crippen molar-refractivity contribution in [2.24, 2.45) is 0 Å².